The minimum absolute atomic E-state index is 0.807. The van der Waals surface area contributed by atoms with Crippen molar-refractivity contribution in [3.05, 3.63) is 66.7 Å². The van der Waals surface area contributed by atoms with Gasteiger partial charge in [-0.15, -0.1) is 0 Å². The minimum atomic E-state index is 0.807. The van der Waals surface area contributed by atoms with Crippen LogP contribution in [0.15, 0.2) is 66.7 Å². The average molecular weight is 294 g/mol. The summed E-state index contributed by atoms with van der Waals surface area (Å²) in [5.41, 5.74) is 0.807. The molecule has 2 heteroatoms. The Morgan fingerprint density at radius 3 is 1.91 bits per heavy atom. The SMILES string of the molecule is O=[C]Nc1ccc2cccc3c4cccc5cccc(c1c23)c54. The molecule has 0 aromatic heterocycles. The van der Waals surface area contributed by atoms with Crippen LogP contribution in [-0.2, 0) is 4.79 Å². The predicted molar refractivity (Wildman–Crippen MR) is 97.0 cm³/mol. The maximum atomic E-state index is 10.9. The fraction of sp³-hybridized carbons (Fsp3) is 0. The summed E-state index contributed by atoms with van der Waals surface area (Å²) in [5, 5.41) is 12.3. The van der Waals surface area contributed by atoms with Crippen molar-refractivity contribution < 1.29 is 4.79 Å². The van der Waals surface area contributed by atoms with Crippen LogP contribution in [0.5, 0.6) is 0 Å². The van der Waals surface area contributed by atoms with Crippen LogP contribution in [0.2, 0.25) is 0 Å². The molecule has 23 heavy (non-hydrogen) atoms. The second kappa shape index (κ2) is 4.43. The summed E-state index contributed by atoms with van der Waals surface area (Å²) >= 11 is 0. The number of fused-ring (bicyclic) bond motifs is 2. The largest absolute Gasteiger partial charge is 0.317 e. The Labute approximate surface area is 132 Å². The highest BCUT2D eigenvalue weighted by molar-refractivity contribution is 6.35. The quantitative estimate of drug-likeness (QED) is 0.270. The molecular formula is C21H12NO. The van der Waals surface area contributed by atoms with E-state index in [0.717, 1.165) is 11.1 Å². The van der Waals surface area contributed by atoms with E-state index in [-0.39, 0.29) is 0 Å². The van der Waals surface area contributed by atoms with E-state index in [0.29, 0.717) is 0 Å². The maximum Gasteiger partial charge on any atom is 0.314 e. The molecule has 5 aromatic carbocycles. The van der Waals surface area contributed by atoms with E-state index in [1.165, 1.54) is 37.7 Å². The molecule has 0 saturated carbocycles. The molecule has 0 atom stereocenters. The number of hydrogen-bond acceptors (Lipinski definition) is 1. The third-order valence-electron chi connectivity index (χ3n) is 4.70. The average Bonchev–Trinajstić information content (AvgIpc) is 2.60. The van der Waals surface area contributed by atoms with Gasteiger partial charge in [0, 0.05) is 11.1 Å². The van der Waals surface area contributed by atoms with Crippen LogP contribution < -0.4 is 5.32 Å². The van der Waals surface area contributed by atoms with Crippen molar-refractivity contribution in [2.45, 2.75) is 0 Å². The normalized spacial score (nSPS) is 11.7. The van der Waals surface area contributed by atoms with Gasteiger partial charge >= 0.3 is 6.41 Å². The summed E-state index contributed by atoms with van der Waals surface area (Å²) in [6.45, 7) is 0. The van der Waals surface area contributed by atoms with Crippen LogP contribution in [-0.4, -0.2) is 6.41 Å². The van der Waals surface area contributed by atoms with E-state index in [4.69, 9.17) is 0 Å². The number of rotatable bonds is 2. The molecule has 1 radical (unpaired) electrons. The van der Waals surface area contributed by atoms with E-state index in [1.807, 2.05) is 12.5 Å². The highest BCUT2D eigenvalue weighted by Crippen LogP contribution is 2.42. The monoisotopic (exact) mass is 294 g/mol. The standard InChI is InChI=1S/C21H12NO/c23-12-22-18-11-10-14-6-2-8-16-15-7-1-4-13-5-3-9-17(19(13)15)21(18)20(14)16/h1-11H,(H,22,23). The fourth-order valence-corrected chi connectivity index (χ4v) is 3.82. The number of amides is 1. The molecule has 5 rings (SSSR count). The molecule has 1 amide bonds. The van der Waals surface area contributed by atoms with Gasteiger partial charge in [-0.05, 0) is 43.8 Å². The van der Waals surface area contributed by atoms with Crippen molar-refractivity contribution in [1.29, 1.82) is 0 Å². The molecule has 0 spiro atoms. The summed E-state index contributed by atoms with van der Waals surface area (Å²) in [4.78, 5) is 10.9. The Hall–Kier alpha value is -3.13. The van der Waals surface area contributed by atoms with Crippen LogP contribution in [0.25, 0.3) is 43.1 Å². The van der Waals surface area contributed by atoms with Gasteiger partial charge < -0.3 is 5.32 Å². The number of anilines is 1. The van der Waals surface area contributed by atoms with Crippen molar-refractivity contribution in [3.8, 4) is 0 Å². The molecule has 0 aliphatic rings. The van der Waals surface area contributed by atoms with E-state index >= 15 is 0 Å². The van der Waals surface area contributed by atoms with Crippen LogP contribution in [0.1, 0.15) is 0 Å². The number of hydrogen-bond donors (Lipinski definition) is 1. The van der Waals surface area contributed by atoms with Crippen molar-refractivity contribution >= 4 is 55.2 Å². The summed E-state index contributed by atoms with van der Waals surface area (Å²) in [6, 6.07) is 23.1. The first kappa shape index (κ1) is 12.4. The Balaban J connectivity index is 2.22. The highest BCUT2D eigenvalue weighted by atomic mass is 16.1. The zero-order valence-corrected chi connectivity index (χ0v) is 12.3. The van der Waals surface area contributed by atoms with Gasteiger partial charge in [0.25, 0.3) is 0 Å². The zero-order valence-electron chi connectivity index (χ0n) is 12.3. The fourth-order valence-electron chi connectivity index (χ4n) is 3.82. The highest BCUT2D eigenvalue weighted by Gasteiger charge is 2.14. The number of nitrogens with one attached hydrogen (secondary N) is 1. The second-order valence-corrected chi connectivity index (χ2v) is 5.83. The first-order valence-corrected chi connectivity index (χ1v) is 7.60. The molecule has 5 aromatic rings. The van der Waals surface area contributed by atoms with Crippen molar-refractivity contribution in [2.75, 3.05) is 5.32 Å². The second-order valence-electron chi connectivity index (χ2n) is 5.83. The Bertz CT molecular complexity index is 1200. The van der Waals surface area contributed by atoms with E-state index in [9.17, 15) is 4.79 Å². The number of benzene rings is 5. The Morgan fingerprint density at radius 2 is 1.22 bits per heavy atom. The third-order valence-corrected chi connectivity index (χ3v) is 4.70. The molecule has 0 aliphatic carbocycles. The number of carbonyl (C=O) groups excluding carboxylic acids is 1. The van der Waals surface area contributed by atoms with Gasteiger partial charge in [-0.1, -0.05) is 60.7 Å². The molecule has 0 heterocycles. The predicted octanol–water partition coefficient (Wildman–Crippen LogP) is 5.22. The maximum absolute atomic E-state index is 10.9. The first-order chi connectivity index (χ1) is 11.4. The van der Waals surface area contributed by atoms with Gasteiger partial charge in [0.05, 0.1) is 0 Å². The van der Waals surface area contributed by atoms with E-state index in [1.54, 1.807) is 0 Å². The van der Waals surface area contributed by atoms with Gasteiger partial charge in [-0.3, -0.25) is 4.79 Å². The van der Waals surface area contributed by atoms with Gasteiger partial charge in [-0.2, -0.15) is 0 Å². The molecule has 0 bridgehead atoms. The molecule has 2 nitrogen and oxygen atoms in total. The van der Waals surface area contributed by atoms with Gasteiger partial charge in [-0.25, -0.2) is 0 Å². The van der Waals surface area contributed by atoms with Crippen LogP contribution in [0.3, 0.4) is 0 Å². The molecule has 0 fully saturated rings. The van der Waals surface area contributed by atoms with Crippen LogP contribution in [0.4, 0.5) is 5.69 Å². The van der Waals surface area contributed by atoms with Crippen molar-refractivity contribution in [2.24, 2.45) is 0 Å². The van der Waals surface area contributed by atoms with E-state index in [2.05, 4.69) is 66.0 Å². The lowest BCUT2D eigenvalue weighted by molar-refractivity contribution is 0.561. The van der Waals surface area contributed by atoms with Gasteiger partial charge in [0.1, 0.15) is 0 Å². The minimum Gasteiger partial charge on any atom is -0.317 e. The molecule has 1 N–H and O–H groups in total. The van der Waals surface area contributed by atoms with Crippen molar-refractivity contribution in [3.63, 3.8) is 0 Å². The van der Waals surface area contributed by atoms with Crippen molar-refractivity contribution in [1.82, 2.24) is 0 Å². The molecule has 107 valence electrons. The summed E-state index contributed by atoms with van der Waals surface area (Å²) < 4.78 is 0. The first-order valence-electron chi connectivity index (χ1n) is 7.60. The molecular weight excluding hydrogens is 282 g/mol. The van der Waals surface area contributed by atoms with Crippen LogP contribution >= 0.6 is 0 Å². The lowest BCUT2D eigenvalue weighted by atomic mass is 9.89. The molecule has 0 aliphatic heterocycles. The molecule has 0 unspecified atom stereocenters. The topological polar surface area (TPSA) is 29.1 Å². The summed E-state index contributed by atoms with van der Waals surface area (Å²) in [6.07, 6.45) is 1.82. The van der Waals surface area contributed by atoms with Gasteiger partial charge in [0.2, 0.25) is 0 Å². The molecule has 0 saturated heterocycles. The lowest BCUT2D eigenvalue weighted by Gasteiger charge is -2.16. The smallest absolute Gasteiger partial charge is 0.314 e. The van der Waals surface area contributed by atoms with Gasteiger partial charge in [0.15, 0.2) is 0 Å². The van der Waals surface area contributed by atoms with E-state index < -0.39 is 0 Å². The Morgan fingerprint density at radius 1 is 0.609 bits per heavy atom. The summed E-state index contributed by atoms with van der Waals surface area (Å²) in [7, 11) is 0. The summed E-state index contributed by atoms with van der Waals surface area (Å²) in [5.74, 6) is 0. The Kier molecular flexibility index (Phi) is 2.39. The lowest BCUT2D eigenvalue weighted by Crippen LogP contribution is -1.96. The third kappa shape index (κ3) is 1.55. The van der Waals surface area contributed by atoms with Crippen LogP contribution in [0, 0.1) is 0 Å². The zero-order chi connectivity index (χ0) is 15.4.